The van der Waals surface area contributed by atoms with Crippen molar-refractivity contribution in [3.8, 4) is 0 Å². The number of imidazole rings is 1. The molecule has 276 valence electrons. The number of amides is 5. The molecular formula is C29H49N8O11P. The molecule has 2 heterocycles. The van der Waals surface area contributed by atoms with Crippen LogP contribution in [0.2, 0.25) is 0 Å². The summed E-state index contributed by atoms with van der Waals surface area (Å²) in [6.45, 7) is 9.10. The summed E-state index contributed by atoms with van der Waals surface area (Å²) in [7, 11) is -3.33. The van der Waals surface area contributed by atoms with E-state index in [1.807, 2.05) is 20.8 Å². The second kappa shape index (κ2) is 18.2. The topological polar surface area (TPSA) is 278 Å². The van der Waals surface area contributed by atoms with Gasteiger partial charge in [-0.05, 0) is 32.6 Å². The third-order valence-electron chi connectivity index (χ3n) is 7.73. The predicted molar refractivity (Wildman–Crippen MR) is 174 cm³/mol. The molecule has 5 amide bonds. The van der Waals surface area contributed by atoms with Crippen LogP contribution in [0.15, 0.2) is 12.5 Å². The third-order valence-corrected chi connectivity index (χ3v) is 8.34. The lowest BCUT2D eigenvalue weighted by Crippen LogP contribution is -2.60. The van der Waals surface area contributed by atoms with Gasteiger partial charge in [0, 0.05) is 38.8 Å². The van der Waals surface area contributed by atoms with Crippen LogP contribution in [0.5, 0.6) is 0 Å². The van der Waals surface area contributed by atoms with E-state index in [-0.39, 0.29) is 30.6 Å². The minimum Gasteiger partial charge on any atom is -0.463 e. The highest BCUT2D eigenvalue weighted by atomic mass is 31.2. The van der Waals surface area contributed by atoms with Crippen molar-refractivity contribution in [3.63, 3.8) is 0 Å². The van der Waals surface area contributed by atoms with Crippen LogP contribution in [0.4, 0.5) is 0 Å². The summed E-state index contributed by atoms with van der Waals surface area (Å²) in [5.41, 5.74) is 0.521. The van der Waals surface area contributed by atoms with Crippen LogP contribution in [0.1, 0.15) is 60.1 Å². The van der Waals surface area contributed by atoms with E-state index in [2.05, 4.69) is 30.8 Å². The van der Waals surface area contributed by atoms with Gasteiger partial charge in [0.25, 0.3) is 0 Å². The van der Waals surface area contributed by atoms with E-state index in [1.54, 1.807) is 18.5 Å². The molecule has 8 N–H and O–H groups in total. The zero-order chi connectivity index (χ0) is 37.2. The van der Waals surface area contributed by atoms with Gasteiger partial charge in [-0.2, -0.15) is 0 Å². The molecule has 2 rings (SSSR count). The molecule has 1 aromatic heterocycles. The highest BCUT2D eigenvalue weighted by Crippen LogP contribution is 2.39. The van der Waals surface area contributed by atoms with Crippen molar-refractivity contribution in [1.29, 1.82) is 5.41 Å². The highest BCUT2D eigenvalue weighted by Gasteiger charge is 2.47. The van der Waals surface area contributed by atoms with E-state index >= 15 is 0 Å². The summed E-state index contributed by atoms with van der Waals surface area (Å²) >= 11 is 0. The van der Waals surface area contributed by atoms with Crippen LogP contribution in [-0.4, -0.2) is 120 Å². The summed E-state index contributed by atoms with van der Waals surface area (Å²) in [5.74, 6) is -3.79. The molecule has 49 heavy (non-hydrogen) atoms. The smallest absolute Gasteiger partial charge is 0.463 e. The molecule has 1 saturated heterocycles. The van der Waals surface area contributed by atoms with Gasteiger partial charge < -0.3 is 50.4 Å². The number of carbonyl (C=O) groups excluding carboxylic acids is 5. The predicted octanol–water partition coefficient (Wildman–Crippen LogP) is -1.54. The third kappa shape index (κ3) is 12.8. The number of aliphatic hydroxyl groups is 1. The Kier molecular flexibility index (Phi) is 15.3. The maximum atomic E-state index is 13.7. The molecule has 7 atom stereocenters. The molecule has 1 aliphatic heterocycles. The summed E-state index contributed by atoms with van der Waals surface area (Å²) < 4.78 is 22.6. The molecule has 0 spiro atoms. The minimum atomic E-state index is -5.00. The first kappa shape index (κ1) is 41.3. The van der Waals surface area contributed by atoms with Crippen molar-refractivity contribution in [2.45, 2.75) is 103 Å². The van der Waals surface area contributed by atoms with Gasteiger partial charge in [0.15, 0.2) is 6.10 Å². The van der Waals surface area contributed by atoms with Gasteiger partial charge >= 0.3 is 7.82 Å². The molecule has 0 aromatic carbocycles. The summed E-state index contributed by atoms with van der Waals surface area (Å²) in [5, 5.41) is 27.8. The van der Waals surface area contributed by atoms with Crippen LogP contribution in [0.25, 0.3) is 0 Å². The van der Waals surface area contributed by atoms with Crippen molar-refractivity contribution in [1.82, 2.24) is 35.7 Å². The molecule has 19 nitrogen and oxygen atoms in total. The van der Waals surface area contributed by atoms with E-state index in [4.69, 9.17) is 10.1 Å². The van der Waals surface area contributed by atoms with Gasteiger partial charge in [0.2, 0.25) is 35.4 Å². The standard InChI is InChI=1S/C29H49N8O11P/c1-8-9-37(18(6)39)16(4)26(40)32-20(10-15(2)3)27(41)33-21(11-19-12-31-14-36(19)7)28(42)34-22(13-38)29(43)35-23(24-25(30)47-24)17(5)48-49(44,45)46/h12,14-17,20-24,30,38H,8-11,13H2,1-7H3,(H,32,40)(H,33,41)(H,34,42)(H,35,43)(H2,44,45,46). The van der Waals surface area contributed by atoms with E-state index in [9.17, 15) is 43.4 Å². The SMILES string of the molecule is CCCN(C(C)=O)C(C)C(=O)NC(CC(C)C)C(=O)NC(Cc1cncn1C)C(=O)NC(CO)C(=O)NC(C(C)OP(=O)(O)O)C1OC1=N. The Balaban J connectivity index is 2.28. The van der Waals surface area contributed by atoms with Gasteiger partial charge in [-0.25, -0.2) is 9.55 Å². The maximum absolute atomic E-state index is 13.7. The number of aliphatic hydroxyl groups excluding tert-OH is 1. The summed E-state index contributed by atoms with van der Waals surface area (Å²) in [4.78, 5) is 89.7. The Bertz CT molecular complexity index is 1400. The normalized spacial score (nSPS) is 17.9. The monoisotopic (exact) mass is 716 g/mol. The molecule has 1 fully saturated rings. The number of hydrogen-bond donors (Lipinski definition) is 8. The number of phosphoric acid groups is 1. The van der Waals surface area contributed by atoms with Crippen molar-refractivity contribution < 1.29 is 52.7 Å². The molecule has 7 unspecified atom stereocenters. The maximum Gasteiger partial charge on any atom is 0.469 e. The van der Waals surface area contributed by atoms with Gasteiger partial charge in [0.1, 0.15) is 30.2 Å². The van der Waals surface area contributed by atoms with Gasteiger partial charge in [-0.15, -0.1) is 0 Å². The summed E-state index contributed by atoms with van der Waals surface area (Å²) in [6, 6.07) is -6.19. The van der Waals surface area contributed by atoms with Crippen molar-refractivity contribution in [2.75, 3.05) is 13.2 Å². The molecule has 20 heteroatoms. The lowest BCUT2D eigenvalue weighted by molar-refractivity contribution is -0.140. The van der Waals surface area contributed by atoms with Gasteiger partial charge in [-0.3, -0.25) is 33.9 Å². The number of nitrogens with zero attached hydrogens (tertiary/aromatic N) is 3. The quantitative estimate of drug-likeness (QED) is 0.0563. The Morgan fingerprint density at radius 2 is 1.57 bits per heavy atom. The fraction of sp³-hybridized carbons (Fsp3) is 0.690. The fourth-order valence-electron chi connectivity index (χ4n) is 5.07. The number of epoxide rings is 1. The number of aromatic nitrogens is 2. The first-order chi connectivity index (χ1) is 22.8. The highest BCUT2D eigenvalue weighted by molar-refractivity contribution is 7.46. The number of phosphoric ester groups is 1. The molecule has 1 aromatic rings. The molecular weight excluding hydrogens is 667 g/mol. The second-order valence-electron chi connectivity index (χ2n) is 12.3. The van der Waals surface area contributed by atoms with Crippen LogP contribution < -0.4 is 21.3 Å². The average molecular weight is 717 g/mol. The zero-order valence-corrected chi connectivity index (χ0v) is 29.6. The number of nitrogens with one attached hydrogen (secondary N) is 5. The van der Waals surface area contributed by atoms with Gasteiger partial charge in [0.05, 0.1) is 19.0 Å². The fourth-order valence-corrected chi connectivity index (χ4v) is 5.63. The number of carbonyl (C=O) groups is 5. The van der Waals surface area contributed by atoms with E-state index < -0.39 is 80.5 Å². The number of hydrogen-bond acceptors (Lipinski definition) is 11. The summed E-state index contributed by atoms with van der Waals surface area (Å²) in [6.07, 6.45) is 1.25. The Labute approximate surface area is 284 Å². The van der Waals surface area contributed by atoms with E-state index in [1.165, 1.54) is 31.3 Å². The van der Waals surface area contributed by atoms with Crippen LogP contribution >= 0.6 is 7.82 Å². The second-order valence-corrected chi connectivity index (χ2v) is 13.5. The minimum absolute atomic E-state index is 0.0699. The van der Waals surface area contributed by atoms with E-state index in [0.717, 1.165) is 0 Å². The number of ether oxygens (including phenoxy) is 1. The number of aryl methyl sites for hydroxylation is 1. The van der Waals surface area contributed by atoms with Crippen molar-refractivity contribution in [2.24, 2.45) is 13.0 Å². The zero-order valence-electron chi connectivity index (χ0n) is 28.7. The molecule has 0 aliphatic carbocycles. The molecule has 0 bridgehead atoms. The number of rotatable bonds is 20. The lowest BCUT2D eigenvalue weighted by atomic mass is 10.0. The first-order valence-corrected chi connectivity index (χ1v) is 17.4. The van der Waals surface area contributed by atoms with Crippen LogP contribution in [-0.2, 0) is 51.3 Å². The Hall–Kier alpha value is -3.90. The van der Waals surface area contributed by atoms with Gasteiger partial charge in [-0.1, -0.05) is 20.8 Å². The van der Waals surface area contributed by atoms with Crippen molar-refractivity contribution >= 4 is 43.3 Å². The largest absolute Gasteiger partial charge is 0.469 e. The first-order valence-electron chi connectivity index (χ1n) is 15.8. The molecule has 0 radical (unpaired) electrons. The average Bonchev–Trinajstić information content (AvgIpc) is 3.58. The Morgan fingerprint density at radius 3 is 2.04 bits per heavy atom. The van der Waals surface area contributed by atoms with Crippen LogP contribution in [0.3, 0.4) is 0 Å². The Morgan fingerprint density at radius 1 is 1.02 bits per heavy atom. The van der Waals surface area contributed by atoms with E-state index in [0.29, 0.717) is 18.7 Å². The van der Waals surface area contributed by atoms with Crippen LogP contribution in [0, 0.1) is 11.3 Å². The molecule has 1 aliphatic rings. The lowest BCUT2D eigenvalue weighted by Gasteiger charge is -2.30. The molecule has 0 saturated carbocycles. The van der Waals surface area contributed by atoms with Crippen molar-refractivity contribution in [3.05, 3.63) is 18.2 Å².